The van der Waals surface area contributed by atoms with Crippen molar-refractivity contribution in [3.05, 3.63) is 76.8 Å². The third kappa shape index (κ3) is 7.00. The van der Waals surface area contributed by atoms with Gasteiger partial charge in [0.25, 0.3) is 17.4 Å². The van der Waals surface area contributed by atoms with Gasteiger partial charge < -0.3 is 29.7 Å². The summed E-state index contributed by atoms with van der Waals surface area (Å²) in [5, 5.41) is 7.45. The summed E-state index contributed by atoms with van der Waals surface area (Å²) in [6.07, 6.45) is -7.24. The van der Waals surface area contributed by atoms with E-state index in [0.29, 0.717) is 36.9 Å². The molecule has 46 heavy (non-hydrogen) atoms. The molecule has 2 amide bonds. The van der Waals surface area contributed by atoms with Crippen LogP contribution in [0.2, 0.25) is 0 Å². The second kappa shape index (κ2) is 14.1. The zero-order valence-corrected chi connectivity index (χ0v) is 25.5. The van der Waals surface area contributed by atoms with Gasteiger partial charge in [-0.3, -0.25) is 9.59 Å². The molecule has 0 bridgehead atoms. The van der Waals surface area contributed by atoms with Crippen molar-refractivity contribution < 1.29 is 46.2 Å². The highest BCUT2D eigenvalue weighted by molar-refractivity contribution is 7.14. The number of nitrogens with one attached hydrogen (secondary N) is 2. The molecule has 10 nitrogen and oxygen atoms in total. The van der Waals surface area contributed by atoms with Crippen LogP contribution in [0, 0.1) is 0 Å². The van der Waals surface area contributed by atoms with Crippen LogP contribution in [0.3, 0.4) is 0 Å². The number of benzene rings is 2. The van der Waals surface area contributed by atoms with E-state index in [0.717, 1.165) is 30.6 Å². The molecule has 2 aliphatic rings. The topological polar surface area (TPSA) is 119 Å². The number of halogens is 4. The minimum atomic E-state index is -5.18. The number of anilines is 2. The van der Waals surface area contributed by atoms with Crippen molar-refractivity contribution in [3.8, 4) is 0 Å². The fourth-order valence-corrected chi connectivity index (χ4v) is 6.24. The Bertz CT molecular complexity index is 1530. The average Bonchev–Trinajstić information content (AvgIpc) is 3.54. The molecule has 0 saturated carbocycles. The molecule has 0 spiro atoms. The number of hydrogen-bond donors (Lipinski definition) is 2. The number of ether oxygens (including phenoxy) is 3. The molecule has 246 valence electrons. The lowest BCUT2D eigenvalue weighted by Gasteiger charge is -2.37. The van der Waals surface area contributed by atoms with Gasteiger partial charge in [-0.25, -0.2) is 14.2 Å². The van der Waals surface area contributed by atoms with Crippen molar-refractivity contribution in [2.75, 3.05) is 43.6 Å². The summed E-state index contributed by atoms with van der Waals surface area (Å²) < 4.78 is 73.1. The summed E-state index contributed by atoms with van der Waals surface area (Å²) >= 11 is 1.07. The van der Waals surface area contributed by atoms with Gasteiger partial charge in [0.1, 0.15) is 11.8 Å². The number of carbonyl (C=O) groups is 3. The van der Waals surface area contributed by atoms with E-state index in [4.69, 9.17) is 14.2 Å². The van der Waals surface area contributed by atoms with E-state index in [1.54, 1.807) is 24.3 Å². The maximum absolute atomic E-state index is 15.3. The van der Waals surface area contributed by atoms with Gasteiger partial charge in [0.2, 0.25) is 0 Å². The molecule has 2 aromatic carbocycles. The highest BCUT2D eigenvalue weighted by atomic mass is 32.1. The largest absolute Gasteiger partial charge is 0.456 e. The quantitative estimate of drug-likeness (QED) is 0.246. The molecule has 0 aliphatic carbocycles. The predicted molar refractivity (Wildman–Crippen MR) is 161 cm³/mol. The van der Waals surface area contributed by atoms with Gasteiger partial charge in [0, 0.05) is 50.3 Å². The minimum Gasteiger partial charge on any atom is -0.456 e. The first-order valence-electron chi connectivity index (χ1n) is 14.6. The summed E-state index contributed by atoms with van der Waals surface area (Å²) in [7, 11) is 0.744. The normalized spacial score (nSPS) is 20.4. The summed E-state index contributed by atoms with van der Waals surface area (Å²) in [5.41, 5.74) is -3.31. The minimum absolute atomic E-state index is 0.0292. The standard InChI is InChI=1S/C31H32F4N4O6S/c1-43-30(31(33,34)35,19-7-3-2-4-8-19)28(42)45-25-11-14-39(17-22(25)32)29-38-24(18-46-29)27(41)37-23-10-6-5-9-21(23)26(40)36-20-12-15-44-16-13-20/h2-10,18,20,22,25H,11-17H2,1H3,(H,36,40)(H,37,41)/t22-,25+,30+/m0/s1. The van der Waals surface area contributed by atoms with Gasteiger partial charge >= 0.3 is 12.1 Å². The number of nitrogens with zero attached hydrogens (tertiary/aromatic N) is 2. The Labute approximate surface area is 266 Å². The Morgan fingerprint density at radius 3 is 2.37 bits per heavy atom. The number of esters is 1. The molecule has 2 N–H and O–H groups in total. The van der Waals surface area contributed by atoms with Crippen molar-refractivity contribution in [2.45, 2.75) is 49.4 Å². The fourth-order valence-electron chi connectivity index (χ4n) is 5.39. The Balaban J connectivity index is 1.21. The number of carbonyl (C=O) groups excluding carboxylic acids is 3. The molecule has 1 aromatic heterocycles. The fraction of sp³-hybridized carbons (Fsp3) is 0.419. The number of para-hydroxylation sites is 1. The molecule has 2 fully saturated rings. The van der Waals surface area contributed by atoms with Crippen molar-refractivity contribution in [2.24, 2.45) is 0 Å². The van der Waals surface area contributed by atoms with Gasteiger partial charge in [0.15, 0.2) is 11.3 Å². The maximum atomic E-state index is 15.3. The first kappa shape index (κ1) is 33.3. The molecule has 5 rings (SSSR count). The van der Waals surface area contributed by atoms with E-state index in [1.807, 2.05) is 0 Å². The lowest BCUT2D eigenvalue weighted by molar-refractivity contribution is -0.279. The van der Waals surface area contributed by atoms with E-state index in [9.17, 15) is 27.6 Å². The molecule has 3 atom stereocenters. The number of alkyl halides is 4. The van der Waals surface area contributed by atoms with E-state index < -0.39 is 41.5 Å². The third-order valence-electron chi connectivity index (χ3n) is 7.88. The summed E-state index contributed by atoms with van der Waals surface area (Å²) in [5.74, 6) is -2.68. The number of aromatic nitrogens is 1. The van der Waals surface area contributed by atoms with E-state index in [-0.39, 0.29) is 42.7 Å². The first-order chi connectivity index (χ1) is 22.0. The Kier molecular flexibility index (Phi) is 10.2. The molecule has 3 aromatic rings. The number of piperidine rings is 1. The molecule has 3 heterocycles. The van der Waals surface area contributed by atoms with Gasteiger partial charge in [0.05, 0.1) is 17.8 Å². The van der Waals surface area contributed by atoms with E-state index in [1.165, 1.54) is 28.5 Å². The van der Waals surface area contributed by atoms with Crippen molar-refractivity contribution in [3.63, 3.8) is 0 Å². The van der Waals surface area contributed by atoms with Crippen LogP contribution in [0.25, 0.3) is 0 Å². The summed E-state index contributed by atoms with van der Waals surface area (Å²) in [6.45, 7) is 0.878. The van der Waals surface area contributed by atoms with Crippen LogP contribution in [0.4, 0.5) is 28.4 Å². The monoisotopic (exact) mass is 664 g/mol. The molecule has 15 heteroatoms. The zero-order chi connectivity index (χ0) is 32.9. The van der Waals surface area contributed by atoms with Crippen LogP contribution in [0.5, 0.6) is 0 Å². The second-order valence-electron chi connectivity index (χ2n) is 10.8. The van der Waals surface area contributed by atoms with Gasteiger partial charge in [-0.05, 0) is 25.0 Å². The number of amides is 2. The molecule has 0 radical (unpaired) electrons. The Morgan fingerprint density at radius 2 is 1.70 bits per heavy atom. The number of thiazole rings is 1. The van der Waals surface area contributed by atoms with Crippen molar-refractivity contribution >= 4 is 39.9 Å². The number of hydrogen-bond acceptors (Lipinski definition) is 9. The van der Waals surface area contributed by atoms with Gasteiger partial charge in [-0.1, -0.05) is 42.5 Å². The zero-order valence-electron chi connectivity index (χ0n) is 24.7. The molecule has 2 saturated heterocycles. The van der Waals surface area contributed by atoms with Crippen LogP contribution >= 0.6 is 11.3 Å². The predicted octanol–water partition coefficient (Wildman–Crippen LogP) is 4.87. The van der Waals surface area contributed by atoms with Gasteiger partial charge in [-0.15, -0.1) is 11.3 Å². The van der Waals surface area contributed by atoms with Crippen LogP contribution < -0.4 is 15.5 Å². The highest BCUT2D eigenvalue weighted by Crippen LogP contribution is 2.43. The molecule has 2 aliphatic heterocycles. The number of methoxy groups -OCH3 is 1. The lowest BCUT2D eigenvalue weighted by Crippen LogP contribution is -2.54. The van der Waals surface area contributed by atoms with Crippen LogP contribution in [-0.2, 0) is 24.6 Å². The summed E-state index contributed by atoms with van der Waals surface area (Å²) in [6, 6.07) is 12.8. The third-order valence-corrected chi connectivity index (χ3v) is 8.79. The van der Waals surface area contributed by atoms with Crippen LogP contribution in [0.15, 0.2) is 60.0 Å². The van der Waals surface area contributed by atoms with Gasteiger partial charge in [-0.2, -0.15) is 13.2 Å². The van der Waals surface area contributed by atoms with E-state index >= 15 is 4.39 Å². The number of rotatable bonds is 9. The lowest BCUT2D eigenvalue weighted by atomic mass is 9.92. The SMILES string of the molecule is CO[C@@](C(=O)O[C@@H]1CCN(c2nc(C(=O)Nc3ccccc3C(=O)NC3CCOCC3)cs2)C[C@@H]1F)(c1ccccc1)C(F)(F)F. The van der Waals surface area contributed by atoms with Crippen molar-refractivity contribution in [1.29, 1.82) is 0 Å². The Hall–Kier alpha value is -4.08. The molecule has 0 unspecified atom stereocenters. The first-order valence-corrected chi connectivity index (χ1v) is 15.4. The summed E-state index contributed by atoms with van der Waals surface area (Å²) in [4.78, 5) is 44.8. The second-order valence-corrected chi connectivity index (χ2v) is 11.7. The van der Waals surface area contributed by atoms with Crippen LogP contribution in [-0.4, -0.2) is 80.7 Å². The average molecular weight is 665 g/mol. The van der Waals surface area contributed by atoms with Crippen LogP contribution in [0.1, 0.15) is 45.7 Å². The smallest absolute Gasteiger partial charge is 0.432 e. The van der Waals surface area contributed by atoms with Crippen molar-refractivity contribution in [1.82, 2.24) is 10.3 Å². The highest BCUT2D eigenvalue weighted by Gasteiger charge is 2.64. The Morgan fingerprint density at radius 1 is 1.00 bits per heavy atom. The maximum Gasteiger partial charge on any atom is 0.432 e. The molecular weight excluding hydrogens is 632 g/mol. The van der Waals surface area contributed by atoms with E-state index in [2.05, 4.69) is 15.6 Å². The molecular formula is C31H32F4N4O6S.